The Morgan fingerprint density at radius 2 is 1.62 bits per heavy atom. The fourth-order valence-electron chi connectivity index (χ4n) is 3.00. The number of hydrogen-bond donors (Lipinski definition) is 0. The van der Waals surface area contributed by atoms with E-state index in [9.17, 15) is 9.59 Å². The molecule has 0 aromatic heterocycles. The summed E-state index contributed by atoms with van der Waals surface area (Å²) in [4.78, 5) is 24.0. The van der Waals surface area contributed by atoms with Crippen LogP contribution in [0.1, 0.15) is 45.2 Å². The molecule has 0 fully saturated rings. The largest absolute Gasteiger partial charge is 0.483 e. The van der Waals surface area contributed by atoms with Crippen LogP contribution in [0, 0.1) is 0 Å². The molecule has 4 heteroatoms. The fraction of sp³-hybridized carbons (Fsp3) is 0.300. The minimum Gasteiger partial charge on any atom is -0.483 e. The minimum absolute atomic E-state index is 0.0401. The van der Waals surface area contributed by atoms with Crippen LogP contribution in [-0.2, 0) is 17.6 Å². The van der Waals surface area contributed by atoms with Gasteiger partial charge in [-0.25, -0.2) is 4.79 Å². The number of Topliss-reactive ketones (excluding diaryl/α,β-unsaturated/α-hetero) is 1. The Labute approximate surface area is 141 Å². The number of ether oxygens (including phenoxy) is 2. The molecule has 0 bridgehead atoms. The molecule has 0 unspecified atom stereocenters. The first-order chi connectivity index (χ1) is 11.6. The molecule has 0 saturated heterocycles. The Balaban J connectivity index is 1.69. The Bertz CT molecular complexity index is 762. The third-order valence-corrected chi connectivity index (χ3v) is 4.34. The molecule has 0 spiro atoms. The molecule has 0 N–H and O–H groups in total. The molecule has 124 valence electrons. The monoisotopic (exact) mass is 324 g/mol. The Morgan fingerprint density at radius 1 is 0.958 bits per heavy atom. The number of carbonyl (C=O) groups is 2. The van der Waals surface area contributed by atoms with Crippen LogP contribution in [0.4, 0.5) is 0 Å². The summed E-state index contributed by atoms with van der Waals surface area (Å²) in [6.07, 6.45) is 2.71. The van der Waals surface area contributed by atoms with E-state index in [0.717, 1.165) is 19.3 Å². The maximum Gasteiger partial charge on any atom is 0.337 e. The summed E-state index contributed by atoms with van der Waals surface area (Å²) in [5.74, 6) is 0.107. The summed E-state index contributed by atoms with van der Waals surface area (Å²) in [5, 5.41) is 0. The van der Waals surface area contributed by atoms with Gasteiger partial charge in [-0.3, -0.25) is 4.79 Å². The molecular formula is C20H20O4. The van der Waals surface area contributed by atoms with Gasteiger partial charge in [0.15, 0.2) is 6.10 Å². The number of rotatable bonds is 5. The molecular weight excluding hydrogens is 304 g/mol. The van der Waals surface area contributed by atoms with Gasteiger partial charge in [0.25, 0.3) is 0 Å². The number of ketones is 1. The average molecular weight is 324 g/mol. The van der Waals surface area contributed by atoms with Gasteiger partial charge in [-0.2, -0.15) is 0 Å². The van der Waals surface area contributed by atoms with E-state index >= 15 is 0 Å². The molecule has 0 saturated carbocycles. The maximum absolute atomic E-state index is 12.6. The van der Waals surface area contributed by atoms with Crippen molar-refractivity contribution in [3.05, 3.63) is 64.7 Å². The van der Waals surface area contributed by atoms with Crippen molar-refractivity contribution in [1.29, 1.82) is 0 Å². The quantitative estimate of drug-likeness (QED) is 0.623. The Morgan fingerprint density at radius 3 is 2.33 bits per heavy atom. The number of benzene rings is 2. The summed E-state index contributed by atoms with van der Waals surface area (Å²) in [5.41, 5.74) is 3.76. The molecule has 4 nitrogen and oxygen atoms in total. The van der Waals surface area contributed by atoms with Crippen molar-refractivity contribution in [3.63, 3.8) is 0 Å². The van der Waals surface area contributed by atoms with Crippen molar-refractivity contribution >= 4 is 11.8 Å². The van der Waals surface area contributed by atoms with Crippen LogP contribution in [0.25, 0.3) is 0 Å². The number of aryl methyl sites for hydroxylation is 2. The van der Waals surface area contributed by atoms with E-state index in [4.69, 9.17) is 4.74 Å². The standard InChI is InChI=1S/C20H20O4/c1-13(24-18-10-8-15(9-11-18)20(22)23-2)19(21)17-7-6-14-4-3-5-16(14)12-17/h6-13H,3-5H2,1-2H3/t13-/m1/s1. The fourth-order valence-corrected chi connectivity index (χ4v) is 3.00. The topological polar surface area (TPSA) is 52.6 Å². The van der Waals surface area contributed by atoms with Crippen LogP contribution in [-0.4, -0.2) is 25.0 Å². The second kappa shape index (κ2) is 6.87. The molecule has 0 aliphatic heterocycles. The predicted octanol–water partition coefficient (Wildman–Crippen LogP) is 3.61. The van der Waals surface area contributed by atoms with Crippen LogP contribution in [0.3, 0.4) is 0 Å². The lowest BCUT2D eigenvalue weighted by atomic mass is 10.0. The van der Waals surface area contributed by atoms with E-state index in [2.05, 4.69) is 4.74 Å². The van der Waals surface area contributed by atoms with Crippen LogP contribution < -0.4 is 4.74 Å². The molecule has 0 radical (unpaired) electrons. The minimum atomic E-state index is -0.589. The lowest BCUT2D eigenvalue weighted by Gasteiger charge is -2.14. The molecule has 0 heterocycles. The van der Waals surface area contributed by atoms with Crippen LogP contribution in [0.15, 0.2) is 42.5 Å². The summed E-state index contributed by atoms with van der Waals surface area (Å²) in [6, 6.07) is 12.5. The highest BCUT2D eigenvalue weighted by atomic mass is 16.5. The Hall–Kier alpha value is -2.62. The number of methoxy groups -OCH3 is 1. The average Bonchev–Trinajstić information content (AvgIpc) is 3.08. The van der Waals surface area contributed by atoms with Gasteiger partial charge in [-0.05, 0) is 67.6 Å². The van der Waals surface area contributed by atoms with Gasteiger partial charge in [-0.15, -0.1) is 0 Å². The molecule has 0 amide bonds. The van der Waals surface area contributed by atoms with Crippen LogP contribution in [0.5, 0.6) is 5.75 Å². The number of carbonyl (C=O) groups excluding carboxylic acids is 2. The van der Waals surface area contributed by atoms with Gasteiger partial charge >= 0.3 is 5.97 Å². The van der Waals surface area contributed by atoms with E-state index in [1.165, 1.54) is 18.2 Å². The van der Waals surface area contributed by atoms with E-state index in [1.54, 1.807) is 31.2 Å². The highest BCUT2D eigenvalue weighted by molar-refractivity contribution is 5.99. The first-order valence-corrected chi connectivity index (χ1v) is 8.09. The van der Waals surface area contributed by atoms with Gasteiger partial charge in [0, 0.05) is 5.56 Å². The summed E-state index contributed by atoms with van der Waals surface area (Å²) < 4.78 is 10.4. The van der Waals surface area contributed by atoms with E-state index in [1.807, 2.05) is 18.2 Å². The SMILES string of the molecule is COC(=O)c1ccc(O[C@H](C)C(=O)c2ccc3c(c2)CCC3)cc1. The van der Waals surface area contributed by atoms with E-state index in [-0.39, 0.29) is 5.78 Å². The zero-order valence-corrected chi connectivity index (χ0v) is 13.9. The van der Waals surface area contributed by atoms with Crippen molar-refractivity contribution in [3.8, 4) is 5.75 Å². The van der Waals surface area contributed by atoms with Crippen molar-refractivity contribution in [2.45, 2.75) is 32.3 Å². The predicted molar refractivity (Wildman–Crippen MR) is 90.7 cm³/mol. The lowest BCUT2D eigenvalue weighted by Crippen LogP contribution is -2.24. The second-order valence-corrected chi connectivity index (χ2v) is 5.98. The van der Waals surface area contributed by atoms with Crippen molar-refractivity contribution in [2.75, 3.05) is 7.11 Å². The molecule has 3 rings (SSSR count). The molecule has 1 aliphatic carbocycles. The van der Waals surface area contributed by atoms with Crippen molar-refractivity contribution in [2.24, 2.45) is 0 Å². The molecule has 2 aromatic carbocycles. The third-order valence-electron chi connectivity index (χ3n) is 4.34. The highest BCUT2D eigenvalue weighted by Crippen LogP contribution is 2.24. The number of fused-ring (bicyclic) bond motifs is 1. The zero-order valence-electron chi connectivity index (χ0n) is 13.9. The molecule has 24 heavy (non-hydrogen) atoms. The van der Waals surface area contributed by atoms with Gasteiger partial charge in [0.2, 0.25) is 5.78 Å². The second-order valence-electron chi connectivity index (χ2n) is 5.98. The van der Waals surface area contributed by atoms with E-state index < -0.39 is 12.1 Å². The van der Waals surface area contributed by atoms with Crippen molar-refractivity contribution in [1.82, 2.24) is 0 Å². The summed E-state index contributed by atoms with van der Waals surface area (Å²) in [6.45, 7) is 1.74. The zero-order chi connectivity index (χ0) is 17.1. The summed E-state index contributed by atoms with van der Waals surface area (Å²) in [7, 11) is 1.34. The number of hydrogen-bond acceptors (Lipinski definition) is 4. The van der Waals surface area contributed by atoms with Gasteiger partial charge < -0.3 is 9.47 Å². The molecule has 1 aliphatic rings. The Kier molecular flexibility index (Phi) is 4.65. The third kappa shape index (κ3) is 3.32. The highest BCUT2D eigenvalue weighted by Gasteiger charge is 2.20. The van der Waals surface area contributed by atoms with E-state index in [0.29, 0.717) is 16.9 Å². The first-order valence-electron chi connectivity index (χ1n) is 8.09. The smallest absolute Gasteiger partial charge is 0.337 e. The van der Waals surface area contributed by atoms with Gasteiger partial charge in [0.1, 0.15) is 5.75 Å². The molecule has 2 aromatic rings. The lowest BCUT2D eigenvalue weighted by molar-refractivity contribution is 0.0600. The normalized spacial score (nSPS) is 13.9. The molecule has 1 atom stereocenters. The first kappa shape index (κ1) is 16.2. The van der Waals surface area contributed by atoms with Gasteiger partial charge in [-0.1, -0.05) is 12.1 Å². The van der Waals surface area contributed by atoms with Crippen molar-refractivity contribution < 1.29 is 19.1 Å². The van der Waals surface area contributed by atoms with Gasteiger partial charge in [0.05, 0.1) is 12.7 Å². The van der Waals surface area contributed by atoms with Crippen LogP contribution in [0.2, 0.25) is 0 Å². The maximum atomic E-state index is 12.6. The van der Waals surface area contributed by atoms with Crippen LogP contribution >= 0.6 is 0 Å². The number of esters is 1. The summed E-state index contributed by atoms with van der Waals surface area (Å²) >= 11 is 0.